The molecule has 3 heterocycles. The molecule has 0 spiro atoms. The molecule has 200 valence electrons. The van der Waals surface area contributed by atoms with Crippen LogP contribution >= 0.6 is 27.3 Å². The summed E-state index contributed by atoms with van der Waals surface area (Å²) < 4.78 is 29.3. The van der Waals surface area contributed by atoms with E-state index in [1.54, 1.807) is 57.2 Å². The summed E-state index contributed by atoms with van der Waals surface area (Å²) in [7, 11) is 1.27. The quantitative estimate of drug-likeness (QED) is 0.342. The first kappa shape index (κ1) is 27.4. The van der Waals surface area contributed by atoms with E-state index in [9.17, 15) is 14.4 Å². The Morgan fingerprint density at radius 2 is 1.95 bits per heavy atom. The summed E-state index contributed by atoms with van der Waals surface area (Å²) >= 11 is 4.45. The fourth-order valence-electron chi connectivity index (χ4n) is 3.92. The number of halogens is 1. The average molecular weight is 605 g/mol. The highest BCUT2D eigenvalue weighted by Crippen LogP contribution is 2.36. The van der Waals surface area contributed by atoms with Gasteiger partial charge in [0.25, 0.3) is 5.56 Å². The minimum absolute atomic E-state index is 0.157. The van der Waals surface area contributed by atoms with E-state index in [2.05, 4.69) is 25.7 Å². The molecule has 0 bridgehead atoms. The van der Waals surface area contributed by atoms with Crippen molar-refractivity contribution in [2.24, 2.45) is 4.99 Å². The molecule has 3 aromatic rings. The van der Waals surface area contributed by atoms with Crippen LogP contribution in [0.15, 0.2) is 60.5 Å². The number of aromatic nitrogens is 1. The summed E-state index contributed by atoms with van der Waals surface area (Å²) in [5.74, 6) is 0.0256. The van der Waals surface area contributed by atoms with Crippen LogP contribution in [0.5, 0.6) is 11.5 Å². The summed E-state index contributed by atoms with van der Waals surface area (Å²) in [4.78, 5) is 43.4. The van der Waals surface area contributed by atoms with Crippen molar-refractivity contribution in [3.63, 3.8) is 0 Å². The SMILES string of the molecule is CCOC(=O)C1=C(C)N=c2s/c(=C\c3ccc(Br)o3)c(=O)n2[C@@H]1c1ccc(OCC(=O)OC)c(OCC)c1. The number of furan rings is 1. The van der Waals surface area contributed by atoms with Crippen molar-refractivity contribution in [3.05, 3.63) is 77.3 Å². The number of benzene rings is 1. The predicted octanol–water partition coefficient (Wildman–Crippen LogP) is 3.10. The topological polar surface area (TPSA) is 119 Å². The van der Waals surface area contributed by atoms with Crippen LogP contribution < -0.4 is 24.4 Å². The summed E-state index contributed by atoms with van der Waals surface area (Å²) in [6, 6.07) is 7.63. The van der Waals surface area contributed by atoms with Gasteiger partial charge in [0, 0.05) is 6.08 Å². The Bertz CT molecular complexity index is 1580. The summed E-state index contributed by atoms with van der Waals surface area (Å²) in [5.41, 5.74) is 0.900. The number of allylic oxidation sites excluding steroid dienone is 1. The van der Waals surface area contributed by atoms with Crippen molar-refractivity contribution in [2.75, 3.05) is 26.9 Å². The lowest BCUT2D eigenvalue weighted by molar-refractivity contribution is -0.143. The van der Waals surface area contributed by atoms with Gasteiger partial charge in [0.2, 0.25) is 0 Å². The second kappa shape index (κ2) is 11.8. The number of rotatable bonds is 9. The molecule has 0 fully saturated rings. The van der Waals surface area contributed by atoms with E-state index < -0.39 is 18.0 Å². The largest absolute Gasteiger partial charge is 0.490 e. The highest BCUT2D eigenvalue weighted by atomic mass is 79.9. The van der Waals surface area contributed by atoms with Crippen LogP contribution in [0.2, 0.25) is 0 Å². The first-order chi connectivity index (χ1) is 18.3. The molecule has 10 nitrogen and oxygen atoms in total. The third kappa shape index (κ3) is 5.60. The Hall–Kier alpha value is -3.64. The second-order valence-electron chi connectivity index (χ2n) is 7.95. The number of hydrogen-bond donors (Lipinski definition) is 0. The van der Waals surface area contributed by atoms with E-state index in [4.69, 9.17) is 18.6 Å². The van der Waals surface area contributed by atoms with E-state index in [1.807, 2.05) is 0 Å². The number of fused-ring (bicyclic) bond motifs is 1. The van der Waals surface area contributed by atoms with E-state index in [1.165, 1.54) is 23.0 Å². The zero-order chi connectivity index (χ0) is 27.4. The van der Waals surface area contributed by atoms with Gasteiger partial charge in [0.1, 0.15) is 5.76 Å². The van der Waals surface area contributed by atoms with Crippen molar-refractivity contribution in [3.8, 4) is 11.5 Å². The highest BCUT2D eigenvalue weighted by Gasteiger charge is 2.34. The van der Waals surface area contributed by atoms with Crippen molar-refractivity contribution in [1.82, 2.24) is 4.57 Å². The number of nitrogens with zero attached hydrogens (tertiary/aromatic N) is 2. The van der Waals surface area contributed by atoms with Crippen LogP contribution in [0.4, 0.5) is 0 Å². The maximum absolute atomic E-state index is 13.7. The number of carbonyl (C=O) groups excluding carboxylic acids is 2. The average Bonchev–Trinajstić information content (AvgIpc) is 3.44. The molecule has 0 radical (unpaired) electrons. The summed E-state index contributed by atoms with van der Waals surface area (Å²) in [6.45, 7) is 5.39. The van der Waals surface area contributed by atoms with Crippen LogP contribution in [-0.2, 0) is 19.1 Å². The second-order valence-corrected chi connectivity index (χ2v) is 9.74. The summed E-state index contributed by atoms with van der Waals surface area (Å²) in [5, 5.41) is 0. The number of thiazole rings is 1. The number of ether oxygens (including phenoxy) is 4. The fourth-order valence-corrected chi connectivity index (χ4v) is 5.27. The normalized spacial score (nSPS) is 15.1. The van der Waals surface area contributed by atoms with Crippen molar-refractivity contribution < 1.29 is 33.0 Å². The Morgan fingerprint density at radius 3 is 2.61 bits per heavy atom. The zero-order valence-electron chi connectivity index (χ0n) is 21.1. The lowest BCUT2D eigenvalue weighted by atomic mass is 9.95. The molecule has 0 amide bonds. The molecule has 0 unspecified atom stereocenters. The van der Waals surface area contributed by atoms with Gasteiger partial charge in [-0.3, -0.25) is 9.36 Å². The van der Waals surface area contributed by atoms with Crippen LogP contribution in [0.25, 0.3) is 6.08 Å². The van der Waals surface area contributed by atoms with E-state index in [0.29, 0.717) is 49.1 Å². The molecule has 1 aliphatic rings. The van der Waals surface area contributed by atoms with Crippen molar-refractivity contribution in [2.45, 2.75) is 26.8 Å². The molecule has 1 aliphatic heterocycles. The van der Waals surface area contributed by atoms with E-state index in [0.717, 1.165) is 0 Å². The monoisotopic (exact) mass is 604 g/mol. The van der Waals surface area contributed by atoms with Gasteiger partial charge in [-0.1, -0.05) is 17.4 Å². The molecule has 4 rings (SSSR count). The Kier molecular flexibility index (Phi) is 8.52. The van der Waals surface area contributed by atoms with Gasteiger partial charge in [-0.2, -0.15) is 0 Å². The van der Waals surface area contributed by atoms with E-state index >= 15 is 0 Å². The number of esters is 2. The molecule has 1 aromatic carbocycles. The molecule has 12 heteroatoms. The van der Waals surface area contributed by atoms with Crippen molar-refractivity contribution >= 4 is 45.3 Å². The van der Waals surface area contributed by atoms with Crippen LogP contribution in [0.3, 0.4) is 0 Å². The lowest BCUT2D eigenvalue weighted by Crippen LogP contribution is -2.40. The Morgan fingerprint density at radius 1 is 1.16 bits per heavy atom. The predicted molar refractivity (Wildman–Crippen MR) is 142 cm³/mol. The maximum atomic E-state index is 13.7. The van der Waals surface area contributed by atoms with Gasteiger partial charge in [-0.05, 0) is 66.5 Å². The lowest BCUT2D eigenvalue weighted by Gasteiger charge is -2.25. The first-order valence-corrected chi connectivity index (χ1v) is 13.3. The molecule has 1 atom stereocenters. The number of carbonyl (C=O) groups is 2. The zero-order valence-corrected chi connectivity index (χ0v) is 23.5. The van der Waals surface area contributed by atoms with Crippen LogP contribution in [-0.4, -0.2) is 43.4 Å². The Balaban J connectivity index is 1.89. The third-order valence-corrected chi connectivity index (χ3v) is 6.95. The number of hydrogen-bond acceptors (Lipinski definition) is 10. The van der Waals surface area contributed by atoms with Gasteiger partial charge < -0.3 is 23.4 Å². The minimum Gasteiger partial charge on any atom is -0.490 e. The molecule has 0 aliphatic carbocycles. The standard InChI is InChI=1S/C26H25BrN2O8S/c1-5-34-18-11-15(7-9-17(18)36-13-21(30)33-4)23-22(25(32)35-6-2)14(3)28-26-29(23)24(31)19(38-26)12-16-8-10-20(27)37-16/h7-12,23H,5-6,13H2,1-4H3/b19-12-/t23-/m1/s1. The summed E-state index contributed by atoms with van der Waals surface area (Å²) in [6.07, 6.45) is 1.63. The van der Waals surface area contributed by atoms with Gasteiger partial charge in [-0.25, -0.2) is 14.6 Å². The van der Waals surface area contributed by atoms with Crippen LogP contribution in [0, 0.1) is 0 Å². The smallest absolute Gasteiger partial charge is 0.343 e. The van der Waals surface area contributed by atoms with Crippen LogP contribution in [0.1, 0.15) is 38.1 Å². The highest BCUT2D eigenvalue weighted by molar-refractivity contribution is 9.10. The molecule has 38 heavy (non-hydrogen) atoms. The van der Waals surface area contributed by atoms with Crippen molar-refractivity contribution in [1.29, 1.82) is 0 Å². The Labute approximate surface area is 229 Å². The third-order valence-electron chi connectivity index (χ3n) is 5.54. The minimum atomic E-state index is -0.843. The molecule has 0 saturated heterocycles. The van der Waals surface area contributed by atoms with Gasteiger partial charge in [-0.15, -0.1) is 0 Å². The van der Waals surface area contributed by atoms with E-state index in [-0.39, 0.29) is 24.3 Å². The first-order valence-electron chi connectivity index (χ1n) is 11.7. The number of methoxy groups -OCH3 is 1. The molecular weight excluding hydrogens is 580 g/mol. The fraction of sp³-hybridized carbons (Fsp3) is 0.308. The van der Waals surface area contributed by atoms with Gasteiger partial charge >= 0.3 is 11.9 Å². The molecule has 0 saturated carbocycles. The van der Waals surface area contributed by atoms with Gasteiger partial charge in [0.15, 0.2) is 27.6 Å². The molecular formula is C26H25BrN2O8S. The van der Waals surface area contributed by atoms with Gasteiger partial charge in [0.05, 0.1) is 42.2 Å². The maximum Gasteiger partial charge on any atom is 0.343 e. The molecule has 0 N–H and O–H groups in total. The molecule has 2 aromatic heterocycles.